The van der Waals surface area contributed by atoms with Crippen LogP contribution in [0.2, 0.25) is 0 Å². The number of nitrogens with zero attached hydrogens (tertiary/aromatic N) is 1. The number of benzene rings is 3. The molecule has 0 fully saturated rings. The van der Waals surface area contributed by atoms with Gasteiger partial charge >= 0.3 is 0 Å². The first-order valence-electron chi connectivity index (χ1n) is 9.11. The number of ether oxygens (including phenoxy) is 1. The number of hydrogen-bond acceptors (Lipinski definition) is 2. The van der Waals surface area contributed by atoms with Crippen LogP contribution in [-0.4, -0.2) is 4.98 Å². The van der Waals surface area contributed by atoms with Crippen molar-refractivity contribution < 1.29 is 4.74 Å². The summed E-state index contributed by atoms with van der Waals surface area (Å²) in [7, 11) is 0. The van der Waals surface area contributed by atoms with Gasteiger partial charge in [0.25, 0.3) is 0 Å². The molecule has 1 aliphatic heterocycles. The standard InChI is InChI=1S/C24H21NO/c1-24(2,3)13-15-10-11-17-14-25-22-18-8-4-6-16-7-5-9-20(21(16)18)26-23(22)19(17)12-15/h4-12,14H,13H2,1-3H3. The van der Waals surface area contributed by atoms with E-state index in [0.29, 0.717) is 0 Å². The number of fused-ring (bicyclic) bond motifs is 4. The van der Waals surface area contributed by atoms with Crippen LogP contribution in [0.1, 0.15) is 26.3 Å². The maximum absolute atomic E-state index is 6.39. The summed E-state index contributed by atoms with van der Waals surface area (Å²) in [6, 6.07) is 19.2. The highest BCUT2D eigenvalue weighted by Crippen LogP contribution is 2.48. The smallest absolute Gasteiger partial charge is 0.161 e. The van der Waals surface area contributed by atoms with Gasteiger partial charge in [-0.2, -0.15) is 0 Å². The van der Waals surface area contributed by atoms with Crippen molar-refractivity contribution >= 4 is 21.5 Å². The molecule has 0 atom stereocenters. The van der Waals surface area contributed by atoms with E-state index in [1.165, 1.54) is 10.9 Å². The molecule has 0 unspecified atom stereocenters. The van der Waals surface area contributed by atoms with Crippen molar-refractivity contribution in [3.05, 3.63) is 66.4 Å². The van der Waals surface area contributed by atoms with Crippen molar-refractivity contribution in [2.45, 2.75) is 27.2 Å². The van der Waals surface area contributed by atoms with Crippen LogP contribution in [0.15, 0.2) is 60.8 Å². The molecule has 0 radical (unpaired) electrons. The predicted molar refractivity (Wildman–Crippen MR) is 108 cm³/mol. The van der Waals surface area contributed by atoms with E-state index < -0.39 is 0 Å². The highest BCUT2D eigenvalue weighted by molar-refractivity contribution is 6.06. The van der Waals surface area contributed by atoms with Crippen LogP contribution < -0.4 is 4.74 Å². The second-order valence-corrected chi connectivity index (χ2v) is 8.36. The van der Waals surface area contributed by atoms with Crippen molar-refractivity contribution in [3.8, 4) is 22.8 Å². The summed E-state index contributed by atoms with van der Waals surface area (Å²) < 4.78 is 6.39. The molecule has 1 aliphatic rings. The van der Waals surface area contributed by atoms with E-state index in [2.05, 4.69) is 69.3 Å². The monoisotopic (exact) mass is 339 g/mol. The quantitative estimate of drug-likeness (QED) is 0.337. The molecule has 128 valence electrons. The van der Waals surface area contributed by atoms with Gasteiger partial charge < -0.3 is 4.74 Å². The summed E-state index contributed by atoms with van der Waals surface area (Å²) >= 11 is 0. The third-order valence-electron chi connectivity index (χ3n) is 4.98. The number of hydrogen-bond donors (Lipinski definition) is 0. The van der Waals surface area contributed by atoms with Crippen LogP contribution in [0.4, 0.5) is 0 Å². The fraction of sp³-hybridized carbons (Fsp3) is 0.208. The topological polar surface area (TPSA) is 22.1 Å². The predicted octanol–water partition coefficient (Wildman–Crippen LogP) is 6.75. The Morgan fingerprint density at radius 2 is 1.73 bits per heavy atom. The van der Waals surface area contributed by atoms with Gasteiger partial charge in [0.05, 0.1) is 0 Å². The van der Waals surface area contributed by atoms with Crippen molar-refractivity contribution in [1.82, 2.24) is 4.98 Å². The molecule has 0 saturated heterocycles. The summed E-state index contributed by atoms with van der Waals surface area (Å²) in [6.45, 7) is 6.81. The lowest BCUT2D eigenvalue weighted by atomic mass is 9.87. The van der Waals surface area contributed by atoms with E-state index in [0.717, 1.165) is 45.3 Å². The fourth-order valence-electron chi connectivity index (χ4n) is 3.95. The van der Waals surface area contributed by atoms with Crippen molar-refractivity contribution in [1.29, 1.82) is 0 Å². The SMILES string of the molecule is CC(C)(C)Cc1ccc2cnc3c(c2c1)Oc1cccc2cccc-3c12. The Hall–Kier alpha value is -2.87. The van der Waals surface area contributed by atoms with E-state index in [4.69, 9.17) is 9.72 Å². The minimum absolute atomic E-state index is 0.250. The highest BCUT2D eigenvalue weighted by Gasteiger charge is 2.23. The summed E-state index contributed by atoms with van der Waals surface area (Å²) in [4.78, 5) is 4.75. The van der Waals surface area contributed by atoms with E-state index >= 15 is 0 Å². The molecule has 0 saturated carbocycles. The minimum atomic E-state index is 0.250. The van der Waals surface area contributed by atoms with Gasteiger partial charge in [-0.3, -0.25) is 4.98 Å². The fourth-order valence-corrected chi connectivity index (χ4v) is 3.95. The minimum Gasteiger partial charge on any atom is -0.454 e. The van der Waals surface area contributed by atoms with Gasteiger partial charge in [-0.15, -0.1) is 0 Å². The molecule has 0 amide bonds. The van der Waals surface area contributed by atoms with Gasteiger partial charge in [-0.05, 0) is 34.9 Å². The first-order valence-corrected chi connectivity index (χ1v) is 9.11. The van der Waals surface area contributed by atoms with E-state index in [1.807, 2.05) is 12.3 Å². The second kappa shape index (κ2) is 5.31. The van der Waals surface area contributed by atoms with Crippen LogP contribution in [0, 0.1) is 5.41 Å². The van der Waals surface area contributed by atoms with Gasteiger partial charge in [0.2, 0.25) is 0 Å². The van der Waals surface area contributed by atoms with Gasteiger partial charge in [0, 0.05) is 27.9 Å². The summed E-state index contributed by atoms with van der Waals surface area (Å²) in [5.74, 6) is 1.80. The van der Waals surface area contributed by atoms with E-state index in [9.17, 15) is 0 Å². The molecule has 2 heterocycles. The van der Waals surface area contributed by atoms with Crippen molar-refractivity contribution in [3.63, 3.8) is 0 Å². The van der Waals surface area contributed by atoms with Crippen LogP contribution in [0.25, 0.3) is 32.8 Å². The number of rotatable bonds is 1. The van der Waals surface area contributed by atoms with Gasteiger partial charge in [0.1, 0.15) is 11.4 Å². The molecule has 2 nitrogen and oxygen atoms in total. The molecule has 1 aromatic heterocycles. The lowest BCUT2D eigenvalue weighted by Gasteiger charge is -2.23. The molecule has 0 spiro atoms. The van der Waals surface area contributed by atoms with Gasteiger partial charge in [-0.25, -0.2) is 0 Å². The molecular weight excluding hydrogens is 318 g/mol. The molecule has 26 heavy (non-hydrogen) atoms. The molecular formula is C24H21NO. The van der Waals surface area contributed by atoms with Crippen molar-refractivity contribution in [2.24, 2.45) is 5.41 Å². The third-order valence-corrected chi connectivity index (χ3v) is 4.98. The Bertz CT molecular complexity index is 1160. The Kier molecular flexibility index (Phi) is 3.14. The molecule has 0 N–H and O–H groups in total. The molecule has 5 rings (SSSR count). The first-order chi connectivity index (χ1) is 12.5. The second-order valence-electron chi connectivity index (χ2n) is 8.36. The highest BCUT2D eigenvalue weighted by atomic mass is 16.5. The Morgan fingerprint density at radius 3 is 2.54 bits per heavy atom. The summed E-state index contributed by atoms with van der Waals surface area (Å²) in [6.07, 6.45) is 3.00. The maximum atomic E-state index is 6.39. The zero-order valence-electron chi connectivity index (χ0n) is 15.3. The normalized spacial score (nSPS) is 12.9. The van der Waals surface area contributed by atoms with Crippen LogP contribution in [0.3, 0.4) is 0 Å². The van der Waals surface area contributed by atoms with Crippen molar-refractivity contribution in [2.75, 3.05) is 0 Å². The lowest BCUT2D eigenvalue weighted by molar-refractivity contribution is 0.411. The molecule has 3 aromatic carbocycles. The van der Waals surface area contributed by atoms with E-state index in [-0.39, 0.29) is 5.41 Å². The zero-order valence-corrected chi connectivity index (χ0v) is 15.3. The number of aromatic nitrogens is 1. The van der Waals surface area contributed by atoms with Gasteiger partial charge in [-0.1, -0.05) is 63.2 Å². The summed E-state index contributed by atoms with van der Waals surface area (Å²) in [5, 5.41) is 4.60. The maximum Gasteiger partial charge on any atom is 0.161 e. The molecule has 0 bridgehead atoms. The summed E-state index contributed by atoms with van der Waals surface area (Å²) in [5.41, 5.74) is 3.68. The van der Waals surface area contributed by atoms with Crippen LogP contribution in [-0.2, 0) is 6.42 Å². The average Bonchev–Trinajstić information content (AvgIpc) is 2.61. The van der Waals surface area contributed by atoms with E-state index in [1.54, 1.807) is 0 Å². The van der Waals surface area contributed by atoms with Crippen LogP contribution in [0.5, 0.6) is 11.5 Å². The zero-order chi connectivity index (χ0) is 17.9. The Morgan fingerprint density at radius 1 is 0.923 bits per heavy atom. The lowest BCUT2D eigenvalue weighted by Crippen LogP contribution is -2.09. The van der Waals surface area contributed by atoms with Crippen LogP contribution >= 0.6 is 0 Å². The largest absolute Gasteiger partial charge is 0.454 e. The Labute approximate surface area is 153 Å². The third kappa shape index (κ3) is 2.37. The first kappa shape index (κ1) is 15.4. The molecule has 2 heteroatoms. The molecule has 0 aliphatic carbocycles. The average molecular weight is 339 g/mol. The number of pyridine rings is 1. The van der Waals surface area contributed by atoms with Gasteiger partial charge in [0.15, 0.2) is 5.75 Å². The Balaban J connectivity index is 1.78. The molecule has 4 aromatic rings.